The van der Waals surface area contributed by atoms with Gasteiger partial charge in [-0.15, -0.1) is 5.10 Å². The first-order chi connectivity index (χ1) is 11.7. The van der Waals surface area contributed by atoms with Crippen LogP contribution in [0.15, 0.2) is 24.5 Å². The van der Waals surface area contributed by atoms with E-state index in [-0.39, 0.29) is 6.04 Å². The van der Waals surface area contributed by atoms with Crippen molar-refractivity contribution < 1.29 is 4.74 Å². The Morgan fingerprint density at radius 2 is 2.25 bits per heavy atom. The van der Waals surface area contributed by atoms with Crippen LogP contribution in [0.4, 0.5) is 5.69 Å². The molecule has 0 spiro atoms. The highest BCUT2D eigenvalue weighted by Gasteiger charge is 2.09. The van der Waals surface area contributed by atoms with Crippen molar-refractivity contribution in [2.75, 3.05) is 25.1 Å². The highest BCUT2D eigenvalue weighted by molar-refractivity contribution is 7.09. The standard InChI is InChI=1S/C16H22N6OS/c1-11(17)3-2-5-23-6-4-18-14-7-12(16-10-20-22-24-16)8-15-13(14)9-19-21-15/h7-11,18H,2-6,17H2,1H3,(H,19,21)/t11-/m0/s1. The Labute approximate surface area is 144 Å². The van der Waals surface area contributed by atoms with Gasteiger partial charge in [0, 0.05) is 30.3 Å². The van der Waals surface area contributed by atoms with E-state index in [0.29, 0.717) is 6.61 Å². The minimum atomic E-state index is 0.241. The lowest BCUT2D eigenvalue weighted by atomic mass is 10.1. The van der Waals surface area contributed by atoms with Crippen LogP contribution in [-0.2, 0) is 4.74 Å². The van der Waals surface area contributed by atoms with Crippen LogP contribution in [0.1, 0.15) is 19.8 Å². The van der Waals surface area contributed by atoms with Gasteiger partial charge in [0.15, 0.2) is 0 Å². The number of hydrogen-bond acceptors (Lipinski definition) is 7. The normalized spacial score (nSPS) is 12.6. The topological polar surface area (TPSA) is 102 Å². The number of hydrogen-bond donors (Lipinski definition) is 3. The Balaban J connectivity index is 1.59. The molecule has 7 nitrogen and oxygen atoms in total. The van der Waals surface area contributed by atoms with Crippen molar-refractivity contribution in [3.05, 3.63) is 24.5 Å². The summed E-state index contributed by atoms with van der Waals surface area (Å²) in [6, 6.07) is 4.40. The lowest BCUT2D eigenvalue weighted by molar-refractivity contribution is 0.139. The summed E-state index contributed by atoms with van der Waals surface area (Å²) in [5.74, 6) is 0. The molecule has 128 valence electrons. The van der Waals surface area contributed by atoms with Crippen LogP contribution >= 0.6 is 11.5 Å². The molecular formula is C16H22N6OS. The summed E-state index contributed by atoms with van der Waals surface area (Å²) in [7, 11) is 0. The number of ether oxygens (including phenoxy) is 1. The number of nitrogens with one attached hydrogen (secondary N) is 2. The quantitative estimate of drug-likeness (QED) is 0.515. The molecule has 2 heterocycles. The molecule has 8 heteroatoms. The number of rotatable bonds is 9. The molecule has 4 N–H and O–H groups in total. The van der Waals surface area contributed by atoms with Gasteiger partial charge in [0.1, 0.15) is 0 Å². The molecule has 0 saturated heterocycles. The lowest BCUT2D eigenvalue weighted by Gasteiger charge is -2.10. The van der Waals surface area contributed by atoms with E-state index in [1.807, 2.05) is 13.1 Å². The summed E-state index contributed by atoms with van der Waals surface area (Å²) in [5, 5.41) is 15.6. The number of fused-ring (bicyclic) bond motifs is 1. The molecule has 3 aromatic rings. The summed E-state index contributed by atoms with van der Waals surface area (Å²) in [4.78, 5) is 1.03. The smallest absolute Gasteiger partial charge is 0.0755 e. The summed E-state index contributed by atoms with van der Waals surface area (Å²) in [6.07, 6.45) is 5.59. The van der Waals surface area contributed by atoms with Crippen LogP contribution in [-0.4, -0.2) is 45.6 Å². The van der Waals surface area contributed by atoms with E-state index in [1.54, 1.807) is 6.20 Å². The SMILES string of the molecule is C[C@H](N)CCCOCCNc1cc(-c2cnns2)cc2[nH]ncc12. The van der Waals surface area contributed by atoms with Gasteiger partial charge in [0.2, 0.25) is 0 Å². The van der Waals surface area contributed by atoms with Gasteiger partial charge in [0.25, 0.3) is 0 Å². The van der Waals surface area contributed by atoms with Crippen LogP contribution in [0.3, 0.4) is 0 Å². The van der Waals surface area contributed by atoms with Crippen molar-refractivity contribution >= 4 is 28.1 Å². The van der Waals surface area contributed by atoms with Crippen LogP contribution in [0, 0.1) is 0 Å². The van der Waals surface area contributed by atoms with E-state index in [2.05, 4.69) is 37.2 Å². The zero-order valence-electron chi connectivity index (χ0n) is 13.7. The summed E-state index contributed by atoms with van der Waals surface area (Å²) in [6.45, 7) is 4.16. The van der Waals surface area contributed by atoms with E-state index in [9.17, 15) is 0 Å². The van der Waals surface area contributed by atoms with Gasteiger partial charge in [0.05, 0.1) is 29.4 Å². The number of H-pyrrole nitrogens is 1. The van der Waals surface area contributed by atoms with Gasteiger partial charge < -0.3 is 15.8 Å². The third-order valence-corrected chi connectivity index (χ3v) is 4.43. The predicted octanol–water partition coefficient (Wildman–Crippen LogP) is 2.64. The summed E-state index contributed by atoms with van der Waals surface area (Å²) < 4.78 is 9.57. The first-order valence-corrected chi connectivity index (χ1v) is 8.83. The third kappa shape index (κ3) is 4.28. The zero-order chi connectivity index (χ0) is 16.8. The molecule has 1 atom stereocenters. The molecule has 0 saturated carbocycles. The first-order valence-electron chi connectivity index (χ1n) is 8.06. The highest BCUT2D eigenvalue weighted by Crippen LogP contribution is 2.30. The highest BCUT2D eigenvalue weighted by atomic mass is 32.1. The van der Waals surface area contributed by atoms with Crippen LogP contribution < -0.4 is 11.1 Å². The molecule has 0 fully saturated rings. The van der Waals surface area contributed by atoms with Crippen molar-refractivity contribution in [2.45, 2.75) is 25.8 Å². The maximum atomic E-state index is 5.72. The number of nitrogens with two attached hydrogens (primary N) is 1. The number of nitrogens with zero attached hydrogens (tertiary/aromatic N) is 3. The second-order valence-corrected chi connectivity index (χ2v) is 6.58. The van der Waals surface area contributed by atoms with E-state index in [0.717, 1.165) is 53.0 Å². The molecular weight excluding hydrogens is 324 g/mol. The monoisotopic (exact) mass is 346 g/mol. The molecule has 3 rings (SSSR count). The lowest BCUT2D eigenvalue weighted by Crippen LogP contribution is -2.16. The van der Waals surface area contributed by atoms with E-state index >= 15 is 0 Å². The fourth-order valence-electron chi connectivity index (χ4n) is 2.50. The molecule has 0 unspecified atom stereocenters. The molecule has 0 radical (unpaired) electrons. The van der Waals surface area contributed by atoms with Crippen LogP contribution in [0.25, 0.3) is 21.3 Å². The first kappa shape index (κ1) is 16.8. The molecule has 0 aliphatic rings. The van der Waals surface area contributed by atoms with Crippen molar-refractivity contribution in [3.8, 4) is 10.4 Å². The fourth-order valence-corrected chi connectivity index (χ4v) is 3.00. The molecule has 0 aliphatic heterocycles. The van der Waals surface area contributed by atoms with E-state index < -0.39 is 0 Å². The Morgan fingerprint density at radius 3 is 3.04 bits per heavy atom. The number of benzene rings is 1. The van der Waals surface area contributed by atoms with Crippen molar-refractivity contribution in [2.24, 2.45) is 5.73 Å². The Bertz CT molecular complexity index is 755. The van der Waals surface area contributed by atoms with Gasteiger partial charge in [-0.2, -0.15) is 5.10 Å². The van der Waals surface area contributed by atoms with Crippen LogP contribution in [0.5, 0.6) is 0 Å². The Morgan fingerprint density at radius 1 is 1.33 bits per heavy atom. The van der Waals surface area contributed by atoms with Gasteiger partial charge in [-0.3, -0.25) is 5.10 Å². The second kappa shape index (κ2) is 8.18. The van der Waals surface area contributed by atoms with Gasteiger partial charge in [-0.05, 0) is 49.0 Å². The summed E-state index contributed by atoms with van der Waals surface area (Å²) >= 11 is 1.38. The maximum absolute atomic E-state index is 5.72. The molecule has 0 amide bonds. The maximum Gasteiger partial charge on any atom is 0.0755 e. The molecule has 0 bridgehead atoms. The second-order valence-electron chi connectivity index (χ2n) is 5.80. The van der Waals surface area contributed by atoms with Crippen molar-refractivity contribution in [1.29, 1.82) is 0 Å². The Hall–Kier alpha value is -2.03. The van der Waals surface area contributed by atoms with Crippen molar-refractivity contribution in [3.63, 3.8) is 0 Å². The Kier molecular flexibility index (Phi) is 5.73. The number of aromatic amines is 1. The van der Waals surface area contributed by atoms with Gasteiger partial charge in [-0.25, -0.2) is 0 Å². The average Bonchev–Trinajstić information content (AvgIpc) is 3.24. The van der Waals surface area contributed by atoms with Crippen LogP contribution in [0.2, 0.25) is 0 Å². The third-order valence-electron chi connectivity index (χ3n) is 3.71. The molecule has 2 aromatic heterocycles. The molecule has 0 aliphatic carbocycles. The minimum Gasteiger partial charge on any atom is -0.382 e. The van der Waals surface area contributed by atoms with Crippen molar-refractivity contribution in [1.82, 2.24) is 19.8 Å². The largest absolute Gasteiger partial charge is 0.382 e. The number of aromatic nitrogens is 4. The van der Waals surface area contributed by atoms with Gasteiger partial charge in [-0.1, -0.05) is 4.49 Å². The van der Waals surface area contributed by atoms with E-state index in [1.165, 1.54) is 11.5 Å². The fraction of sp³-hybridized carbons (Fsp3) is 0.438. The predicted molar refractivity (Wildman–Crippen MR) is 97.2 cm³/mol. The molecule has 1 aromatic carbocycles. The molecule has 24 heavy (non-hydrogen) atoms. The number of anilines is 1. The van der Waals surface area contributed by atoms with Gasteiger partial charge >= 0.3 is 0 Å². The minimum absolute atomic E-state index is 0.241. The zero-order valence-corrected chi connectivity index (χ0v) is 14.5. The average molecular weight is 346 g/mol. The van der Waals surface area contributed by atoms with E-state index in [4.69, 9.17) is 10.5 Å². The summed E-state index contributed by atoms with van der Waals surface area (Å²) in [5.41, 5.74) is 8.81.